The third kappa shape index (κ3) is 3.47. The first-order valence-electron chi connectivity index (χ1n) is 6.54. The lowest BCUT2D eigenvalue weighted by atomic mass is 10.0. The molecule has 0 saturated carbocycles. The molecule has 0 saturated heterocycles. The first-order chi connectivity index (χ1) is 9.06. The molecule has 1 aromatic carbocycles. The molecule has 0 bridgehead atoms. The Bertz CT molecular complexity index is 600. The van der Waals surface area contributed by atoms with Gasteiger partial charge in [0.1, 0.15) is 5.75 Å². The van der Waals surface area contributed by atoms with Crippen LogP contribution in [0.5, 0.6) is 5.75 Å². The quantitative estimate of drug-likeness (QED) is 0.885. The summed E-state index contributed by atoms with van der Waals surface area (Å²) in [5.41, 5.74) is 2.03. The number of aromatic nitrogens is 1. The standard InChI is InChI=1S/C16H19NO2/c1-11(2)8-13-10-15(18)14(16(19)17-13)9-12-6-4-3-5-7-12/h3-7,10-11H,8-9H2,1-2H3,(H2,17,18,19). The average Bonchev–Trinajstić information content (AvgIpc) is 2.34. The summed E-state index contributed by atoms with van der Waals surface area (Å²) < 4.78 is 0. The van der Waals surface area contributed by atoms with Crippen molar-refractivity contribution < 1.29 is 5.11 Å². The van der Waals surface area contributed by atoms with Crippen LogP contribution in [0, 0.1) is 5.92 Å². The SMILES string of the molecule is CC(C)Cc1cc(O)c(Cc2ccccc2)c(=O)[nH]1. The van der Waals surface area contributed by atoms with Crippen LogP contribution in [0.15, 0.2) is 41.2 Å². The van der Waals surface area contributed by atoms with Gasteiger partial charge >= 0.3 is 0 Å². The van der Waals surface area contributed by atoms with Crippen LogP contribution in [0.2, 0.25) is 0 Å². The third-order valence-corrected chi connectivity index (χ3v) is 3.02. The second kappa shape index (κ2) is 5.74. The number of hydrogen-bond donors (Lipinski definition) is 2. The first kappa shape index (κ1) is 13.4. The number of hydrogen-bond acceptors (Lipinski definition) is 2. The molecule has 2 aromatic rings. The van der Waals surface area contributed by atoms with E-state index in [9.17, 15) is 9.90 Å². The Balaban J connectivity index is 2.30. The molecule has 2 N–H and O–H groups in total. The summed E-state index contributed by atoms with van der Waals surface area (Å²) in [6.07, 6.45) is 1.21. The fourth-order valence-corrected chi connectivity index (χ4v) is 2.15. The highest BCUT2D eigenvalue weighted by Crippen LogP contribution is 2.18. The highest BCUT2D eigenvalue weighted by atomic mass is 16.3. The van der Waals surface area contributed by atoms with Crippen LogP contribution in [0.1, 0.15) is 30.7 Å². The van der Waals surface area contributed by atoms with Crippen LogP contribution in [0.4, 0.5) is 0 Å². The van der Waals surface area contributed by atoms with Gasteiger partial charge in [0.2, 0.25) is 0 Å². The normalized spacial score (nSPS) is 10.9. The molecule has 0 radical (unpaired) electrons. The summed E-state index contributed by atoms with van der Waals surface area (Å²) >= 11 is 0. The minimum atomic E-state index is -0.195. The summed E-state index contributed by atoms with van der Waals surface area (Å²) in [6.45, 7) is 4.15. The fraction of sp³-hybridized carbons (Fsp3) is 0.312. The summed E-state index contributed by atoms with van der Waals surface area (Å²) in [5.74, 6) is 0.526. The molecule has 1 heterocycles. The lowest BCUT2D eigenvalue weighted by Crippen LogP contribution is -2.16. The van der Waals surface area contributed by atoms with Gasteiger partial charge in [-0.2, -0.15) is 0 Å². The molecular formula is C16H19NO2. The van der Waals surface area contributed by atoms with Gasteiger partial charge in [0.15, 0.2) is 0 Å². The Hall–Kier alpha value is -2.03. The van der Waals surface area contributed by atoms with Crippen molar-refractivity contribution in [3.63, 3.8) is 0 Å². The molecule has 0 fully saturated rings. The molecule has 3 nitrogen and oxygen atoms in total. The van der Waals surface area contributed by atoms with E-state index in [1.165, 1.54) is 0 Å². The van der Waals surface area contributed by atoms with E-state index >= 15 is 0 Å². The topological polar surface area (TPSA) is 53.1 Å². The summed E-state index contributed by atoms with van der Waals surface area (Å²) in [5, 5.41) is 10.0. The molecule has 2 rings (SSSR count). The number of nitrogens with one attached hydrogen (secondary N) is 1. The maximum absolute atomic E-state index is 12.0. The van der Waals surface area contributed by atoms with Crippen LogP contribution < -0.4 is 5.56 Å². The lowest BCUT2D eigenvalue weighted by Gasteiger charge is -2.09. The Morgan fingerprint density at radius 1 is 1.21 bits per heavy atom. The van der Waals surface area contributed by atoms with Gasteiger partial charge in [-0.1, -0.05) is 44.2 Å². The molecule has 100 valence electrons. The van der Waals surface area contributed by atoms with Crippen LogP contribution >= 0.6 is 0 Å². The minimum absolute atomic E-state index is 0.0863. The maximum atomic E-state index is 12.0. The van der Waals surface area contributed by atoms with Gasteiger partial charge < -0.3 is 10.1 Å². The molecule has 1 aromatic heterocycles. The second-order valence-electron chi connectivity index (χ2n) is 5.25. The highest BCUT2D eigenvalue weighted by molar-refractivity contribution is 5.36. The fourth-order valence-electron chi connectivity index (χ4n) is 2.15. The van der Waals surface area contributed by atoms with Crippen molar-refractivity contribution in [2.45, 2.75) is 26.7 Å². The zero-order chi connectivity index (χ0) is 13.8. The Morgan fingerprint density at radius 3 is 2.47 bits per heavy atom. The van der Waals surface area contributed by atoms with Crippen LogP contribution in [0.3, 0.4) is 0 Å². The molecule has 0 unspecified atom stereocenters. The van der Waals surface area contributed by atoms with Crippen molar-refractivity contribution >= 4 is 0 Å². The van der Waals surface area contributed by atoms with Crippen LogP contribution in [-0.4, -0.2) is 10.1 Å². The number of aromatic hydroxyl groups is 1. The van der Waals surface area contributed by atoms with E-state index in [-0.39, 0.29) is 11.3 Å². The molecule has 19 heavy (non-hydrogen) atoms. The van der Waals surface area contributed by atoms with Gasteiger partial charge in [-0.15, -0.1) is 0 Å². The summed E-state index contributed by atoms with van der Waals surface area (Å²) in [7, 11) is 0. The zero-order valence-electron chi connectivity index (χ0n) is 11.3. The largest absolute Gasteiger partial charge is 0.507 e. The summed E-state index contributed by atoms with van der Waals surface area (Å²) in [4.78, 5) is 14.9. The van der Waals surface area contributed by atoms with Gasteiger partial charge in [-0.25, -0.2) is 0 Å². The molecule has 0 aliphatic heterocycles. The Kier molecular flexibility index (Phi) is 4.05. The lowest BCUT2D eigenvalue weighted by molar-refractivity contribution is 0.465. The Morgan fingerprint density at radius 2 is 1.89 bits per heavy atom. The third-order valence-electron chi connectivity index (χ3n) is 3.02. The smallest absolute Gasteiger partial charge is 0.255 e. The van der Waals surface area contributed by atoms with E-state index in [4.69, 9.17) is 0 Å². The van der Waals surface area contributed by atoms with Crippen molar-refractivity contribution in [1.82, 2.24) is 4.98 Å². The second-order valence-corrected chi connectivity index (χ2v) is 5.25. The zero-order valence-corrected chi connectivity index (χ0v) is 11.3. The predicted octanol–water partition coefficient (Wildman–Crippen LogP) is 2.87. The monoisotopic (exact) mass is 257 g/mol. The molecule has 0 aliphatic carbocycles. The van der Waals surface area contributed by atoms with Crippen molar-refractivity contribution in [1.29, 1.82) is 0 Å². The number of aromatic amines is 1. The number of benzene rings is 1. The maximum Gasteiger partial charge on any atom is 0.255 e. The minimum Gasteiger partial charge on any atom is -0.507 e. The molecule has 0 amide bonds. The van der Waals surface area contributed by atoms with E-state index < -0.39 is 0 Å². The van der Waals surface area contributed by atoms with Crippen LogP contribution in [0.25, 0.3) is 0 Å². The van der Waals surface area contributed by atoms with Crippen molar-refractivity contribution in [3.05, 3.63) is 63.6 Å². The molecule has 0 aliphatic rings. The highest BCUT2D eigenvalue weighted by Gasteiger charge is 2.10. The molecule has 0 spiro atoms. The van der Waals surface area contributed by atoms with E-state index in [0.717, 1.165) is 17.7 Å². The van der Waals surface area contributed by atoms with Crippen molar-refractivity contribution in [2.24, 2.45) is 5.92 Å². The van der Waals surface area contributed by atoms with Gasteiger partial charge in [0, 0.05) is 12.1 Å². The molecule has 0 atom stereocenters. The van der Waals surface area contributed by atoms with Gasteiger partial charge in [0.25, 0.3) is 5.56 Å². The van der Waals surface area contributed by atoms with E-state index in [0.29, 0.717) is 17.9 Å². The number of pyridine rings is 1. The van der Waals surface area contributed by atoms with E-state index in [2.05, 4.69) is 18.8 Å². The van der Waals surface area contributed by atoms with E-state index in [1.54, 1.807) is 6.07 Å². The van der Waals surface area contributed by atoms with E-state index in [1.807, 2.05) is 30.3 Å². The van der Waals surface area contributed by atoms with Gasteiger partial charge in [0.05, 0.1) is 5.56 Å². The van der Waals surface area contributed by atoms with Crippen molar-refractivity contribution in [2.75, 3.05) is 0 Å². The average molecular weight is 257 g/mol. The Labute approximate surface area is 112 Å². The van der Waals surface area contributed by atoms with Crippen molar-refractivity contribution in [3.8, 4) is 5.75 Å². The predicted molar refractivity (Wildman–Crippen MR) is 76.5 cm³/mol. The number of rotatable bonds is 4. The van der Waals surface area contributed by atoms with Gasteiger partial charge in [-0.3, -0.25) is 4.79 Å². The number of H-pyrrole nitrogens is 1. The molecule has 3 heteroatoms. The first-order valence-corrected chi connectivity index (χ1v) is 6.54. The summed E-state index contributed by atoms with van der Waals surface area (Å²) in [6, 6.07) is 11.3. The van der Waals surface area contributed by atoms with Gasteiger partial charge in [-0.05, 0) is 24.0 Å². The van der Waals surface area contributed by atoms with Crippen LogP contribution in [-0.2, 0) is 12.8 Å². The molecular weight excluding hydrogens is 238 g/mol.